The molecule has 2 aromatic rings. The van der Waals surface area contributed by atoms with Crippen LogP contribution in [0.2, 0.25) is 0 Å². The molecule has 0 atom stereocenters. The Morgan fingerprint density at radius 2 is 1.72 bits per heavy atom. The molecule has 4 rings (SSSR count). The second kappa shape index (κ2) is 6.23. The Labute approximate surface area is 146 Å². The van der Waals surface area contributed by atoms with Crippen molar-refractivity contribution in [2.24, 2.45) is 0 Å². The summed E-state index contributed by atoms with van der Waals surface area (Å²) in [5, 5.41) is 0. The summed E-state index contributed by atoms with van der Waals surface area (Å²) < 4.78 is 5.21. The molecule has 0 aliphatic carbocycles. The number of ether oxygens (including phenoxy) is 1. The molecule has 0 unspecified atom stereocenters. The Balaban J connectivity index is 1.44. The minimum absolute atomic E-state index is 0.0748. The fourth-order valence-corrected chi connectivity index (χ4v) is 3.31. The van der Waals surface area contributed by atoms with Crippen LogP contribution in [-0.2, 0) is 11.2 Å². The molecule has 0 radical (unpaired) electrons. The molecule has 0 spiro atoms. The van der Waals surface area contributed by atoms with E-state index in [2.05, 4.69) is 31.9 Å². The highest BCUT2D eigenvalue weighted by Gasteiger charge is 2.28. The number of hydrogen-bond acceptors (Lipinski definition) is 6. The zero-order chi connectivity index (χ0) is 17.4. The third kappa shape index (κ3) is 2.86. The van der Waals surface area contributed by atoms with E-state index in [9.17, 15) is 4.79 Å². The van der Waals surface area contributed by atoms with Crippen LogP contribution in [0.25, 0.3) is 0 Å². The number of fused-ring (bicyclic) bond motifs is 1. The van der Waals surface area contributed by atoms with Crippen LogP contribution in [0.4, 0.5) is 17.5 Å². The van der Waals surface area contributed by atoms with Crippen LogP contribution in [-0.4, -0.2) is 56.2 Å². The number of benzene rings is 1. The van der Waals surface area contributed by atoms with Crippen LogP contribution in [0.3, 0.4) is 0 Å². The van der Waals surface area contributed by atoms with Gasteiger partial charge in [0.25, 0.3) is 0 Å². The second-order valence-electron chi connectivity index (χ2n) is 6.32. The summed E-state index contributed by atoms with van der Waals surface area (Å²) in [6, 6.07) is 8.14. The molecule has 1 aromatic heterocycles. The van der Waals surface area contributed by atoms with E-state index in [1.165, 1.54) is 5.69 Å². The van der Waals surface area contributed by atoms with Crippen LogP contribution in [0.1, 0.15) is 5.56 Å². The Bertz CT molecular complexity index is 785. The SMILES string of the molecule is COc1ccc(N2CCN(c3ncc4c(n3)N(C)C(=O)C4)CC2)cc1. The van der Waals surface area contributed by atoms with Crippen LogP contribution in [0, 0.1) is 0 Å². The number of anilines is 3. The van der Waals surface area contributed by atoms with Crippen molar-refractivity contribution < 1.29 is 9.53 Å². The number of methoxy groups -OCH3 is 1. The number of carbonyl (C=O) groups is 1. The van der Waals surface area contributed by atoms with Gasteiger partial charge in [-0.25, -0.2) is 4.98 Å². The average molecular weight is 339 g/mol. The minimum Gasteiger partial charge on any atom is -0.497 e. The standard InChI is InChI=1S/C18H21N5O2/c1-21-16(24)11-13-12-19-18(20-17(13)21)23-9-7-22(8-10-23)14-3-5-15(25-2)6-4-14/h3-6,12H,7-11H2,1-2H3. The number of carbonyl (C=O) groups excluding carboxylic acids is 1. The van der Waals surface area contributed by atoms with Crippen molar-refractivity contribution >= 4 is 23.4 Å². The van der Waals surface area contributed by atoms with Crippen molar-refractivity contribution in [3.8, 4) is 5.75 Å². The summed E-state index contributed by atoms with van der Waals surface area (Å²) in [5.41, 5.74) is 2.11. The number of piperazine rings is 1. The van der Waals surface area contributed by atoms with Gasteiger partial charge in [0.15, 0.2) is 0 Å². The third-order valence-corrected chi connectivity index (χ3v) is 4.86. The molecular weight excluding hydrogens is 318 g/mol. The molecule has 7 nitrogen and oxygen atoms in total. The van der Waals surface area contributed by atoms with Gasteiger partial charge in [-0.1, -0.05) is 0 Å². The van der Waals surface area contributed by atoms with E-state index in [4.69, 9.17) is 4.74 Å². The summed E-state index contributed by atoms with van der Waals surface area (Å²) >= 11 is 0. The molecule has 3 heterocycles. The second-order valence-corrected chi connectivity index (χ2v) is 6.32. The first-order chi connectivity index (χ1) is 12.2. The lowest BCUT2D eigenvalue weighted by Gasteiger charge is -2.36. The van der Waals surface area contributed by atoms with E-state index in [1.807, 2.05) is 12.1 Å². The number of amides is 1. The highest BCUT2D eigenvalue weighted by molar-refractivity contribution is 5.99. The molecule has 0 bridgehead atoms. The fourth-order valence-electron chi connectivity index (χ4n) is 3.31. The molecule has 2 aliphatic rings. The topological polar surface area (TPSA) is 61.8 Å². The number of rotatable bonds is 3. The molecule has 1 saturated heterocycles. The molecule has 1 fully saturated rings. The van der Waals surface area contributed by atoms with E-state index in [-0.39, 0.29) is 5.91 Å². The van der Waals surface area contributed by atoms with Gasteiger partial charge in [-0.05, 0) is 24.3 Å². The number of aromatic nitrogens is 2. The largest absolute Gasteiger partial charge is 0.497 e. The molecule has 1 aromatic carbocycles. The Kier molecular flexibility index (Phi) is 3.91. The van der Waals surface area contributed by atoms with Crippen molar-refractivity contribution in [3.63, 3.8) is 0 Å². The normalized spacial score (nSPS) is 17.0. The highest BCUT2D eigenvalue weighted by Crippen LogP contribution is 2.27. The lowest BCUT2D eigenvalue weighted by atomic mass is 10.2. The first-order valence-electron chi connectivity index (χ1n) is 8.42. The Morgan fingerprint density at radius 3 is 2.40 bits per heavy atom. The summed E-state index contributed by atoms with van der Waals surface area (Å²) in [4.78, 5) is 27.0. The predicted octanol–water partition coefficient (Wildman–Crippen LogP) is 1.33. The summed E-state index contributed by atoms with van der Waals surface area (Å²) in [7, 11) is 3.45. The van der Waals surface area contributed by atoms with Crippen LogP contribution in [0.15, 0.2) is 30.5 Å². The Morgan fingerprint density at radius 1 is 1.04 bits per heavy atom. The van der Waals surface area contributed by atoms with Gasteiger partial charge < -0.3 is 14.5 Å². The van der Waals surface area contributed by atoms with Gasteiger partial charge in [-0.3, -0.25) is 9.69 Å². The van der Waals surface area contributed by atoms with Gasteiger partial charge in [-0.15, -0.1) is 0 Å². The fraction of sp³-hybridized carbons (Fsp3) is 0.389. The van der Waals surface area contributed by atoms with Gasteiger partial charge in [-0.2, -0.15) is 4.98 Å². The molecule has 2 aliphatic heterocycles. The van der Waals surface area contributed by atoms with E-state index in [1.54, 1.807) is 25.3 Å². The lowest BCUT2D eigenvalue weighted by molar-refractivity contribution is -0.117. The predicted molar refractivity (Wildman–Crippen MR) is 96.6 cm³/mol. The maximum Gasteiger partial charge on any atom is 0.232 e. The number of nitrogens with zero attached hydrogens (tertiary/aromatic N) is 5. The zero-order valence-electron chi connectivity index (χ0n) is 14.5. The van der Waals surface area contributed by atoms with Crippen LogP contribution >= 0.6 is 0 Å². The van der Waals surface area contributed by atoms with Gasteiger partial charge in [0.1, 0.15) is 11.6 Å². The lowest BCUT2D eigenvalue weighted by Crippen LogP contribution is -2.47. The van der Waals surface area contributed by atoms with E-state index >= 15 is 0 Å². The van der Waals surface area contributed by atoms with Crippen molar-refractivity contribution in [1.29, 1.82) is 0 Å². The van der Waals surface area contributed by atoms with Crippen molar-refractivity contribution in [3.05, 3.63) is 36.0 Å². The van der Waals surface area contributed by atoms with Gasteiger partial charge in [0.2, 0.25) is 11.9 Å². The van der Waals surface area contributed by atoms with Crippen molar-refractivity contribution in [1.82, 2.24) is 9.97 Å². The third-order valence-electron chi connectivity index (χ3n) is 4.86. The molecule has 0 saturated carbocycles. The Hall–Kier alpha value is -2.83. The molecule has 1 amide bonds. The van der Waals surface area contributed by atoms with Crippen molar-refractivity contribution in [2.75, 3.05) is 55.0 Å². The van der Waals surface area contributed by atoms with E-state index < -0.39 is 0 Å². The van der Waals surface area contributed by atoms with Crippen molar-refractivity contribution in [2.45, 2.75) is 6.42 Å². The number of likely N-dealkylation sites (N-methyl/N-ethyl adjacent to an activating group) is 1. The smallest absolute Gasteiger partial charge is 0.232 e. The average Bonchev–Trinajstić information content (AvgIpc) is 2.95. The zero-order valence-corrected chi connectivity index (χ0v) is 14.5. The molecular formula is C18H21N5O2. The number of hydrogen-bond donors (Lipinski definition) is 0. The van der Waals surface area contributed by atoms with Gasteiger partial charge >= 0.3 is 0 Å². The van der Waals surface area contributed by atoms with E-state index in [0.717, 1.165) is 43.3 Å². The van der Waals surface area contributed by atoms with Gasteiger partial charge in [0, 0.05) is 50.7 Å². The monoisotopic (exact) mass is 339 g/mol. The van der Waals surface area contributed by atoms with E-state index in [0.29, 0.717) is 12.4 Å². The highest BCUT2D eigenvalue weighted by atomic mass is 16.5. The summed E-state index contributed by atoms with van der Waals surface area (Å²) in [6.07, 6.45) is 2.19. The summed E-state index contributed by atoms with van der Waals surface area (Å²) in [5.74, 6) is 2.39. The first kappa shape index (κ1) is 15.7. The quantitative estimate of drug-likeness (QED) is 0.841. The van der Waals surface area contributed by atoms with Crippen LogP contribution < -0.4 is 19.4 Å². The maximum atomic E-state index is 11.8. The molecule has 130 valence electrons. The molecule has 7 heteroatoms. The first-order valence-corrected chi connectivity index (χ1v) is 8.42. The molecule has 0 N–H and O–H groups in total. The molecule has 25 heavy (non-hydrogen) atoms. The van der Waals surface area contributed by atoms with Crippen LogP contribution in [0.5, 0.6) is 5.75 Å². The summed E-state index contributed by atoms with van der Waals surface area (Å²) in [6.45, 7) is 3.51. The minimum atomic E-state index is 0.0748. The van der Waals surface area contributed by atoms with Gasteiger partial charge in [0.05, 0.1) is 13.5 Å². The maximum absolute atomic E-state index is 11.8.